The number of unbranched alkanes of at least 4 members (excludes halogenated alkanes) is 15. The van der Waals surface area contributed by atoms with Crippen molar-refractivity contribution < 1.29 is 28.6 Å². The molecule has 0 aliphatic rings. The summed E-state index contributed by atoms with van der Waals surface area (Å²) >= 11 is 0. The van der Waals surface area contributed by atoms with Crippen molar-refractivity contribution in [3.63, 3.8) is 0 Å². The number of rotatable bonds is 48. The lowest BCUT2D eigenvalue weighted by Crippen LogP contribution is -2.30. The van der Waals surface area contributed by atoms with E-state index >= 15 is 0 Å². The van der Waals surface area contributed by atoms with Crippen LogP contribution < -0.4 is 0 Å². The minimum absolute atomic E-state index is 0.136. The zero-order valence-corrected chi connectivity index (χ0v) is 44.3. The van der Waals surface area contributed by atoms with Gasteiger partial charge in [-0.2, -0.15) is 0 Å². The maximum absolute atomic E-state index is 12.8. The third-order valence-electron chi connectivity index (χ3n) is 11.1. The van der Waals surface area contributed by atoms with Gasteiger partial charge in [0.05, 0.1) is 0 Å². The Bertz CT molecular complexity index is 1510. The molecular weight excluding hydrogens is 853 g/mol. The Morgan fingerprint density at radius 2 is 0.580 bits per heavy atom. The molecule has 6 nitrogen and oxygen atoms in total. The smallest absolute Gasteiger partial charge is 0.306 e. The summed E-state index contributed by atoms with van der Waals surface area (Å²) in [6.07, 6.45) is 78.7. The normalized spacial score (nSPS) is 13.1. The van der Waals surface area contributed by atoms with Crippen LogP contribution in [0.3, 0.4) is 0 Å². The summed E-state index contributed by atoms with van der Waals surface area (Å²) in [7, 11) is 0. The molecule has 69 heavy (non-hydrogen) atoms. The van der Waals surface area contributed by atoms with Gasteiger partial charge in [0.1, 0.15) is 13.2 Å². The van der Waals surface area contributed by atoms with Crippen LogP contribution in [0.1, 0.15) is 226 Å². The maximum atomic E-state index is 12.8. The molecule has 0 bridgehead atoms. The van der Waals surface area contributed by atoms with E-state index in [1.165, 1.54) is 70.6 Å². The van der Waals surface area contributed by atoms with Crippen molar-refractivity contribution in [1.29, 1.82) is 0 Å². The van der Waals surface area contributed by atoms with Gasteiger partial charge in [-0.25, -0.2) is 0 Å². The molecule has 0 fully saturated rings. The number of allylic oxidation sites excluding steroid dienone is 22. The standard InChI is InChI=1S/C63H100O6/c1-4-7-10-13-16-19-22-25-28-31-34-37-40-43-46-49-52-55-61(64)67-58-60(69-63(66)57-54-51-48-45-42-39-36-33-30-27-24-21-18-15-12-9-6-3)59-68-62(65)56-53-50-47-44-41-38-35-32-29-26-23-20-17-14-11-8-5-2/h9,12,16,18-19,21,25-30,34-39,43-44,46-47,60H,4-8,10-11,13-15,17,20,22-24,31-33,40-42,45,48-59H2,1-3H3/b12-9-,19-16-,21-18-,28-25-,29-26-,30-27-,37-34-,38-35-,39-36-,46-43-,47-44-/t60-/m1/s1. The number of carbonyl (C=O) groups is 3. The summed E-state index contributed by atoms with van der Waals surface area (Å²) in [5.41, 5.74) is 0. The molecule has 0 saturated heterocycles. The molecule has 0 unspecified atom stereocenters. The molecule has 0 aromatic carbocycles. The van der Waals surface area contributed by atoms with E-state index in [0.717, 1.165) is 103 Å². The number of hydrogen-bond acceptors (Lipinski definition) is 6. The van der Waals surface area contributed by atoms with Gasteiger partial charge in [0.25, 0.3) is 0 Å². The second-order valence-electron chi connectivity index (χ2n) is 17.7. The van der Waals surface area contributed by atoms with Gasteiger partial charge in [-0.1, -0.05) is 212 Å². The van der Waals surface area contributed by atoms with Crippen molar-refractivity contribution in [3.05, 3.63) is 134 Å². The van der Waals surface area contributed by atoms with Crippen molar-refractivity contribution in [2.75, 3.05) is 13.2 Å². The first-order chi connectivity index (χ1) is 34.0. The van der Waals surface area contributed by atoms with Crippen molar-refractivity contribution in [3.8, 4) is 0 Å². The Hall–Kier alpha value is -4.45. The van der Waals surface area contributed by atoms with E-state index in [1.54, 1.807) is 0 Å². The predicted octanol–water partition coefficient (Wildman–Crippen LogP) is 18.6. The van der Waals surface area contributed by atoms with Gasteiger partial charge in [0.15, 0.2) is 6.10 Å². The van der Waals surface area contributed by atoms with Crippen LogP contribution in [0.4, 0.5) is 0 Å². The Kier molecular flexibility index (Phi) is 52.5. The summed E-state index contributed by atoms with van der Waals surface area (Å²) < 4.78 is 16.7. The van der Waals surface area contributed by atoms with Gasteiger partial charge < -0.3 is 14.2 Å². The third kappa shape index (κ3) is 54.4. The van der Waals surface area contributed by atoms with E-state index < -0.39 is 6.10 Å². The molecule has 0 aromatic rings. The average molecular weight is 953 g/mol. The molecule has 0 rings (SSSR count). The van der Waals surface area contributed by atoms with E-state index in [1.807, 2.05) is 0 Å². The zero-order chi connectivity index (χ0) is 50.0. The lowest BCUT2D eigenvalue weighted by molar-refractivity contribution is -0.167. The first-order valence-electron chi connectivity index (χ1n) is 27.7. The number of ether oxygens (including phenoxy) is 3. The summed E-state index contributed by atoms with van der Waals surface area (Å²) in [5, 5.41) is 0. The van der Waals surface area contributed by atoms with Crippen LogP contribution in [0.15, 0.2) is 134 Å². The highest BCUT2D eigenvalue weighted by molar-refractivity contribution is 5.71. The first kappa shape index (κ1) is 64.5. The first-order valence-corrected chi connectivity index (χ1v) is 27.7. The van der Waals surface area contributed by atoms with Crippen LogP contribution in [0.25, 0.3) is 0 Å². The van der Waals surface area contributed by atoms with E-state index in [9.17, 15) is 14.4 Å². The molecular formula is C63H100O6. The van der Waals surface area contributed by atoms with Crippen LogP contribution in [-0.4, -0.2) is 37.2 Å². The SMILES string of the molecule is CC/C=C\C/C=C\C/C=C\C/C=C\CCCCCCC(=O)O[C@H](COC(=O)CCC/C=C\C/C=C\C/C=C\C/C=C\CCCCC)COC(=O)CCC/C=C\C/C=C\C/C=C\CCCCCCCC. The average Bonchev–Trinajstić information content (AvgIpc) is 3.35. The van der Waals surface area contributed by atoms with Crippen LogP contribution in [0, 0.1) is 0 Å². The molecule has 0 aromatic heterocycles. The van der Waals surface area contributed by atoms with Crippen LogP contribution in [-0.2, 0) is 28.6 Å². The monoisotopic (exact) mass is 953 g/mol. The second kappa shape index (κ2) is 56.1. The van der Waals surface area contributed by atoms with Gasteiger partial charge in [-0.05, 0) is 128 Å². The minimum Gasteiger partial charge on any atom is -0.462 e. The number of hydrogen-bond donors (Lipinski definition) is 0. The third-order valence-corrected chi connectivity index (χ3v) is 11.1. The van der Waals surface area contributed by atoms with Gasteiger partial charge in [0, 0.05) is 19.3 Å². The van der Waals surface area contributed by atoms with Gasteiger partial charge in [-0.3, -0.25) is 14.4 Å². The van der Waals surface area contributed by atoms with Crippen molar-refractivity contribution in [1.82, 2.24) is 0 Å². The molecule has 0 spiro atoms. The lowest BCUT2D eigenvalue weighted by Gasteiger charge is -2.18. The van der Waals surface area contributed by atoms with Gasteiger partial charge >= 0.3 is 17.9 Å². The van der Waals surface area contributed by atoms with E-state index in [4.69, 9.17) is 14.2 Å². The molecule has 1 atom stereocenters. The largest absolute Gasteiger partial charge is 0.462 e. The maximum Gasteiger partial charge on any atom is 0.306 e. The van der Waals surface area contributed by atoms with E-state index in [-0.39, 0.29) is 50.4 Å². The molecule has 0 N–H and O–H groups in total. The van der Waals surface area contributed by atoms with Gasteiger partial charge in [-0.15, -0.1) is 0 Å². The highest BCUT2D eigenvalue weighted by atomic mass is 16.6. The fraction of sp³-hybridized carbons (Fsp3) is 0.603. The summed E-state index contributed by atoms with van der Waals surface area (Å²) in [6.45, 7) is 6.36. The fourth-order valence-corrected chi connectivity index (χ4v) is 6.97. The topological polar surface area (TPSA) is 78.9 Å². The summed E-state index contributed by atoms with van der Waals surface area (Å²) in [6, 6.07) is 0. The van der Waals surface area contributed by atoms with Crippen LogP contribution in [0.2, 0.25) is 0 Å². The molecule has 0 radical (unpaired) electrons. The molecule has 388 valence electrons. The summed E-state index contributed by atoms with van der Waals surface area (Å²) in [4.78, 5) is 38.1. The van der Waals surface area contributed by atoms with Crippen molar-refractivity contribution >= 4 is 17.9 Å². The molecule has 6 heteroatoms. The molecule has 0 aliphatic carbocycles. The molecule has 0 aliphatic heterocycles. The zero-order valence-electron chi connectivity index (χ0n) is 44.3. The Balaban J connectivity index is 4.62. The van der Waals surface area contributed by atoms with Crippen LogP contribution >= 0.6 is 0 Å². The predicted molar refractivity (Wildman–Crippen MR) is 297 cm³/mol. The molecule has 0 saturated carbocycles. The fourth-order valence-electron chi connectivity index (χ4n) is 6.97. The van der Waals surface area contributed by atoms with Crippen molar-refractivity contribution in [2.45, 2.75) is 232 Å². The Labute approximate surface area is 424 Å². The van der Waals surface area contributed by atoms with Crippen LogP contribution in [0.5, 0.6) is 0 Å². The molecule has 0 heterocycles. The highest BCUT2D eigenvalue weighted by Gasteiger charge is 2.19. The Morgan fingerprint density at radius 1 is 0.304 bits per heavy atom. The lowest BCUT2D eigenvalue weighted by atomic mass is 10.1. The quantitative estimate of drug-likeness (QED) is 0.0262. The van der Waals surface area contributed by atoms with E-state index in [2.05, 4.69) is 154 Å². The van der Waals surface area contributed by atoms with Gasteiger partial charge in [0.2, 0.25) is 0 Å². The van der Waals surface area contributed by atoms with E-state index in [0.29, 0.717) is 12.8 Å². The number of esters is 3. The minimum atomic E-state index is -0.839. The highest BCUT2D eigenvalue weighted by Crippen LogP contribution is 2.11. The summed E-state index contributed by atoms with van der Waals surface area (Å²) in [5.74, 6) is -1.07. The second-order valence-corrected chi connectivity index (χ2v) is 17.7. The van der Waals surface area contributed by atoms with Crippen molar-refractivity contribution in [2.24, 2.45) is 0 Å². The number of carbonyl (C=O) groups excluding carboxylic acids is 3. The molecule has 0 amide bonds. The Morgan fingerprint density at radius 3 is 0.957 bits per heavy atom.